The molecule has 2 aromatic rings. The molecule has 0 spiro atoms. The standard InChI is InChI=1S/C12H12O2S2/c1-9-8-12(10(2)15-9)16(13,14)11-6-4-3-5-7-11/h3-8H,1-2H3. The lowest BCUT2D eigenvalue weighted by Crippen LogP contribution is -2.01. The van der Waals surface area contributed by atoms with Gasteiger partial charge in [0.05, 0.1) is 9.79 Å². The largest absolute Gasteiger partial charge is 0.218 e. The van der Waals surface area contributed by atoms with Crippen molar-refractivity contribution in [1.29, 1.82) is 0 Å². The number of aryl methyl sites for hydroxylation is 2. The quantitative estimate of drug-likeness (QED) is 0.822. The lowest BCUT2D eigenvalue weighted by atomic mass is 10.4. The van der Waals surface area contributed by atoms with Gasteiger partial charge in [-0.15, -0.1) is 11.3 Å². The molecule has 0 aliphatic carbocycles. The van der Waals surface area contributed by atoms with Crippen LogP contribution in [0.1, 0.15) is 9.75 Å². The highest BCUT2D eigenvalue weighted by Crippen LogP contribution is 2.29. The van der Waals surface area contributed by atoms with Crippen molar-refractivity contribution in [2.24, 2.45) is 0 Å². The van der Waals surface area contributed by atoms with Crippen LogP contribution in [-0.2, 0) is 9.84 Å². The number of sulfone groups is 1. The molecule has 0 amide bonds. The molecule has 2 nitrogen and oxygen atoms in total. The third-order valence-electron chi connectivity index (χ3n) is 2.34. The summed E-state index contributed by atoms with van der Waals surface area (Å²) < 4.78 is 24.5. The topological polar surface area (TPSA) is 34.1 Å². The van der Waals surface area contributed by atoms with E-state index in [-0.39, 0.29) is 0 Å². The van der Waals surface area contributed by atoms with Crippen LogP contribution < -0.4 is 0 Å². The van der Waals surface area contributed by atoms with Crippen LogP contribution in [0.3, 0.4) is 0 Å². The highest BCUT2D eigenvalue weighted by molar-refractivity contribution is 7.91. The Kier molecular flexibility index (Phi) is 2.86. The summed E-state index contributed by atoms with van der Waals surface area (Å²) in [6.07, 6.45) is 0. The molecule has 0 unspecified atom stereocenters. The lowest BCUT2D eigenvalue weighted by Gasteiger charge is -2.02. The number of benzene rings is 1. The first kappa shape index (κ1) is 11.4. The fourth-order valence-electron chi connectivity index (χ4n) is 1.60. The highest BCUT2D eigenvalue weighted by atomic mass is 32.2. The van der Waals surface area contributed by atoms with Crippen molar-refractivity contribution in [2.75, 3.05) is 0 Å². The molecule has 0 fully saturated rings. The molecule has 1 aromatic carbocycles. The molecule has 0 aliphatic heterocycles. The number of hydrogen-bond acceptors (Lipinski definition) is 3. The number of hydrogen-bond donors (Lipinski definition) is 0. The van der Waals surface area contributed by atoms with E-state index in [1.54, 1.807) is 30.3 Å². The van der Waals surface area contributed by atoms with E-state index >= 15 is 0 Å². The Labute approximate surface area is 99.5 Å². The molecule has 84 valence electrons. The Balaban J connectivity index is 2.61. The molecule has 16 heavy (non-hydrogen) atoms. The van der Waals surface area contributed by atoms with E-state index in [4.69, 9.17) is 0 Å². The SMILES string of the molecule is Cc1cc(S(=O)(=O)c2ccccc2)c(C)s1. The fraction of sp³-hybridized carbons (Fsp3) is 0.167. The molecule has 0 radical (unpaired) electrons. The molecule has 0 atom stereocenters. The van der Waals surface area contributed by atoms with E-state index in [0.29, 0.717) is 9.79 Å². The maximum Gasteiger partial charge on any atom is 0.207 e. The predicted molar refractivity (Wildman–Crippen MR) is 65.7 cm³/mol. The second-order valence-electron chi connectivity index (χ2n) is 3.59. The summed E-state index contributed by atoms with van der Waals surface area (Å²) in [6, 6.07) is 10.3. The zero-order valence-electron chi connectivity index (χ0n) is 9.10. The smallest absolute Gasteiger partial charge is 0.207 e. The van der Waals surface area contributed by atoms with Gasteiger partial charge in [-0.3, -0.25) is 0 Å². The van der Waals surface area contributed by atoms with Gasteiger partial charge >= 0.3 is 0 Å². The summed E-state index contributed by atoms with van der Waals surface area (Å²) >= 11 is 1.51. The van der Waals surface area contributed by atoms with Crippen LogP contribution in [0.2, 0.25) is 0 Å². The van der Waals surface area contributed by atoms with Gasteiger partial charge in [0.2, 0.25) is 9.84 Å². The van der Waals surface area contributed by atoms with Gasteiger partial charge in [0, 0.05) is 9.75 Å². The summed E-state index contributed by atoms with van der Waals surface area (Å²) in [5, 5.41) is 0. The minimum atomic E-state index is -3.34. The van der Waals surface area contributed by atoms with Gasteiger partial charge in [-0.1, -0.05) is 18.2 Å². The van der Waals surface area contributed by atoms with Crippen LogP contribution in [-0.4, -0.2) is 8.42 Å². The summed E-state index contributed by atoms with van der Waals surface area (Å²) in [5.74, 6) is 0. The molecule has 0 saturated carbocycles. The van der Waals surface area contributed by atoms with E-state index in [0.717, 1.165) is 9.75 Å². The number of rotatable bonds is 2. The van der Waals surface area contributed by atoms with Crippen LogP contribution in [0.25, 0.3) is 0 Å². The Morgan fingerprint density at radius 2 is 1.69 bits per heavy atom. The molecular formula is C12H12O2S2. The van der Waals surface area contributed by atoms with Crippen LogP contribution in [0.15, 0.2) is 46.2 Å². The van der Waals surface area contributed by atoms with E-state index in [1.807, 2.05) is 19.9 Å². The number of thiophene rings is 1. The Morgan fingerprint density at radius 3 is 2.19 bits per heavy atom. The van der Waals surface area contributed by atoms with Gasteiger partial charge < -0.3 is 0 Å². The zero-order valence-corrected chi connectivity index (χ0v) is 10.7. The van der Waals surface area contributed by atoms with Crippen LogP contribution in [0.5, 0.6) is 0 Å². The zero-order chi connectivity index (χ0) is 11.8. The Hall–Kier alpha value is -1.13. The first-order valence-electron chi connectivity index (χ1n) is 4.89. The van der Waals surface area contributed by atoms with E-state index in [2.05, 4.69) is 0 Å². The molecule has 1 heterocycles. The van der Waals surface area contributed by atoms with Crippen molar-refractivity contribution in [1.82, 2.24) is 0 Å². The second-order valence-corrected chi connectivity index (χ2v) is 6.97. The van der Waals surface area contributed by atoms with Gasteiger partial charge in [0.25, 0.3) is 0 Å². The molecule has 1 aromatic heterocycles. The molecule has 0 N–H and O–H groups in total. The summed E-state index contributed by atoms with van der Waals surface area (Å²) in [5.41, 5.74) is 0. The van der Waals surface area contributed by atoms with E-state index in [1.165, 1.54) is 11.3 Å². The van der Waals surface area contributed by atoms with Crippen molar-refractivity contribution in [3.05, 3.63) is 46.2 Å². The Morgan fingerprint density at radius 1 is 1.06 bits per heavy atom. The average Bonchev–Trinajstić information content (AvgIpc) is 2.60. The van der Waals surface area contributed by atoms with Gasteiger partial charge in [-0.25, -0.2) is 8.42 Å². The first-order chi connectivity index (χ1) is 7.51. The van der Waals surface area contributed by atoms with E-state index in [9.17, 15) is 8.42 Å². The average molecular weight is 252 g/mol. The second kappa shape index (κ2) is 4.03. The highest BCUT2D eigenvalue weighted by Gasteiger charge is 2.21. The van der Waals surface area contributed by atoms with Gasteiger partial charge in [-0.05, 0) is 32.0 Å². The molecule has 4 heteroatoms. The van der Waals surface area contributed by atoms with Gasteiger partial charge in [0.1, 0.15) is 0 Å². The molecule has 0 aliphatic rings. The van der Waals surface area contributed by atoms with Crippen molar-refractivity contribution in [3.8, 4) is 0 Å². The van der Waals surface area contributed by atoms with Crippen LogP contribution in [0.4, 0.5) is 0 Å². The van der Waals surface area contributed by atoms with Crippen LogP contribution >= 0.6 is 11.3 Å². The molecule has 2 rings (SSSR count). The lowest BCUT2D eigenvalue weighted by molar-refractivity contribution is 0.596. The van der Waals surface area contributed by atoms with Gasteiger partial charge in [-0.2, -0.15) is 0 Å². The predicted octanol–water partition coefficient (Wildman–Crippen LogP) is 3.20. The first-order valence-corrected chi connectivity index (χ1v) is 7.19. The van der Waals surface area contributed by atoms with Crippen molar-refractivity contribution in [3.63, 3.8) is 0 Å². The third kappa shape index (κ3) is 1.90. The summed E-state index contributed by atoms with van der Waals surface area (Å²) in [7, 11) is -3.34. The molecule has 0 saturated heterocycles. The maximum absolute atomic E-state index is 12.3. The summed E-state index contributed by atoms with van der Waals surface area (Å²) in [6.45, 7) is 3.76. The van der Waals surface area contributed by atoms with Gasteiger partial charge in [0.15, 0.2) is 0 Å². The van der Waals surface area contributed by atoms with E-state index < -0.39 is 9.84 Å². The minimum absolute atomic E-state index is 0.357. The van der Waals surface area contributed by atoms with Crippen molar-refractivity contribution < 1.29 is 8.42 Å². The third-order valence-corrected chi connectivity index (χ3v) is 5.33. The minimum Gasteiger partial charge on any atom is -0.218 e. The van der Waals surface area contributed by atoms with Crippen molar-refractivity contribution in [2.45, 2.75) is 23.6 Å². The maximum atomic E-state index is 12.3. The monoisotopic (exact) mass is 252 g/mol. The normalized spacial score (nSPS) is 11.6. The summed E-state index contributed by atoms with van der Waals surface area (Å²) in [4.78, 5) is 2.66. The molecule has 0 bridgehead atoms. The molecular weight excluding hydrogens is 240 g/mol. The Bertz CT molecular complexity index is 595. The van der Waals surface area contributed by atoms with Crippen LogP contribution in [0, 0.1) is 13.8 Å². The van der Waals surface area contributed by atoms with Crippen molar-refractivity contribution >= 4 is 21.2 Å². The fourth-order valence-corrected chi connectivity index (χ4v) is 4.43.